The van der Waals surface area contributed by atoms with Gasteiger partial charge < -0.3 is 0 Å². The molecule has 0 atom stereocenters. The number of para-hydroxylation sites is 1. The molecule has 1 aliphatic carbocycles. The maximum atomic E-state index is 4.60. The van der Waals surface area contributed by atoms with E-state index in [1.54, 1.807) is 0 Å². The normalized spacial score (nSPS) is 14.4. The van der Waals surface area contributed by atoms with Gasteiger partial charge in [-0.05, 0) is 0 Å². The topological polar surface area (TPSA) is 12.9 Å². The molecule has 2 aromatic rings. The summed E-state index contributed by atoms with van der Waals surface area (Å²) in [5.41, 5.74) is 3.61. The third-order valence-corrected chi connectivity index (χ3v) is 3.29. The number of aromatic nitrogens is 1. The van der Waals surface area contributed by atoms with Crippen LogP contribution in [0.1, 0.15) is 12.0 Å². The van der Waals surface area contributed by atoms with Gasteiger partial charge in [-0.3, -0.25) is 0 Å². The fourth-order valence-electron chi connectivity index (χ4n) is 1.98. The molecular weight excluding hydrogens is 234 g/mol. The molecule has 2 heteroatoms. The van der Waals surface area contributed by atoms with E-state index >= 15 is 0 Å². The van der Waals surface area contributed by atoms with Gasteiger partial charge >= 0.3 is 103 Å². The van der Waals surface area contributed by atoms with Crippen LogP contribution in [0.15, 0.2) is 48.6 Å². The Morgan fingerprint density at radius 1 is 1.19 bits per heavy atom. The van der Waals surface area contributed by atoms with Crippen molar-refractivity contribution in [3.05, 3.63) is 54.1 Å². The molecular formula is C14H10CrN. The monoisotopic (exact) mass is 244 g/mol. The second-order valence-electron chi connectivity index (χ2n) is 3.86. The minimum absolute atomic E-state index is 0.994. The Balaban J connectivity index is 2.22. The molecule has 1 aliphatic rings. The summed E-state index contributed by atoms with van der Waals surface area (Å²) >= 11 is 3.06. The molecule has 0 N–H and O–H groups in total. The summed E-state index contributed by atoms with van der Waals surface area (Å²) in [6, 6.07) is 10.4. The summed E-state index contributed by atoms with van der Waals surface area (Å²) in [5, 5.41) is 1.20. The summed E-state index contributed by atoms with van der Waals surface area (Å²) in [6.45, 7) is 0. The van der Waals surface area contributed by atoms with E-state index in [-0.39, 0.29) is 0 Å². The Morgan fingerprint density at radius 2 is 2.06 bits per heavy atom. The van der Waals surface area contributed by atoms with Gasteiger partial charge in [0.15, 0.2) is 0 Å². The number of nitrogens with zero attached hydrogens (tertiary/aromatic N) is 1. The van der Waals surface area contributed by atoms with Crippen LogP contribution >= 0.6 is 0 Å². The Bertz CT molecular complexity index is 611. The van der Waals surface area contributed by atoms with Crippen molar-refractivity contribution in [2.75, 3.05) is 0 Å². The van der Waals surface area contributed by atoms with Crippen LogP contribution in [-0.4, -0.2) is 4.98 Å². The van der Waals surface area contributed by atoms with Crippen molar-refractivity contribution in [1.82, 2.24) is 4.98 Å². The van der Waals surface area contributed by atoms with Crippen LogP contribution in [0.4, 0.5) is 0 Å². The van der Waals surface area contributed by atoms with Crippen LogP contribution in [0.3, 0.4) is 0 Å². The number of pyridine rings is 1. The average Bonchev–Trinajstić information content (AvgIpc) is 2.81. The van der Waals surface area contributed by atoms with Gasteiger partial charge in [0.1, 0.15) is 0 Å². The van der Waals surface area contributed by atoms with E-state index in [1.807, 2.05) is 18.2 Å². The number of benzene rings is 1. The Morgan fingerprint density at radius 3 is 2.88 bits per heavy atom. The third kappa shape index (κ3) is 1.61. The van der Waals surface area contributed by atoms with Crippen molar-refractivity contribution < 1.29 is 16.3 Å². The van der Waals surface area contributed by atoms with Crippen molar-refractivity contribution in [3.8, 4) is 0 Å². The van der Waals surface area contributed by atoms with Gasteiger partial charge in [0.25, 0.3) is 0 Å². The van der Waals surface area contributed by atoms with Gasteiger partial charge in [-0.2, -0.15) is 0 Å². The van der Waals surface area contributed by atoms with Crippen LogP contribution in [-0.2, 0) is 16.3 Å². The van der Waals surface area contributed by atoms with Crippen LogP contribution in [0.5, 0.6) is 0 Å². The SMILES string of the molecule is [Cr][c]1nc2ccccc2cc1C1=CC=CC1. The molecule has 1 heterocycles. The molecule has 0 saturated heterocycles. The number of rotatable bonds is 1. The first kappa shape index (κ1) is 9.84. The van der Waals surface area contributed by atoms with E-state index in [1.165, 1.54) is 16.5 Å². The maximum absolute atomic E-state index is 4.60. The van der Waals surface area contributed by atoms with Gasteiger partial charge in [0.05, 0.1) is 0 Å². The summed E-state index contributed by atoms with van der Waals surface area (Å²) in [5.74, 6) is 0. The van der Waals surface area contributed by atoms with Crippen LogP contribution in [0.2, 0.25) is 0 Å². The van der Waals surface area contributed by atoms with E-state index in [0.29, 0.717) is 0 Å². The van der Waals surface area contributed by atoms with Crippen molar-refractivity contribution in [3.63, 3.8) is 0 Å². The first-order chi connectivity index (χ1) is 7.84. The van der Waals surface area contributed by atoms with E-state index < -0.39 is 0 Å². The van der Waals surface area contributed by atoms with Gasteiger partial charge in [-0.15, -0.1) is 0 Å². The zero-order valence-electron chi connectivity index (χ0n) is 8.68. The van der Waals surface area contributed by atoms with Gasteiger partial charge in [-0.1, -0.05) is 0 Å². The molecule has 0 aliphatic heterocycles. The van der Waals surface area contributed by atoms with E-state index in [4.69, 9.17) is 0 Å². The first-order valence-corrected chi connectivity index (χ1v) is 5.91. The molecule has 0 spiro atoms. The molecule has 1 aromatic heterocycles. The number of allylic oxidation sites excluding steroid dienone is 4. The Kier molecular flexibility index (Phi) is 2.40. The quantitative estimate of drug-likeness (QED) is 0.751. The molecule has 77 valence electrons. The van der Waals surface area contributed by atoms with Gasteiger partial charge in [0.2, 0.25) is 0 Å². The summed E-state index contributed by atoms with van der Waals surface area (Å²) in [7, 11) is 0. The number of hydrogen-bond acceptors (Lipinski definition) is 1. The van der Waals surface area contributed by atoms with Crippen molar-refractivity contribution >= 4 is 21.0 Å². The van der Waals surface area contributed by atoms with Crippen LogP contribution in [0, 0.1) is 0 Å². The fraction of sp³-hybridized carbons (Fsp3) is 0.0714. The molecule has 0 radical (unpaired) electrons. The van der Waals surface area contributed by atoms with Crippen LogP contribution < -0.4 is 4.56 Å². The zero-order valence-corrected chi connectivity index (χ0v) is 9.96. The van der Waals surface area contributed by atoms with Crippen molar-refractivity contribution in [2.24, 2.45) is 0 Å². The molecule has 0 saturated carbocycles. The Labute approximate surface area is 103 Å². The summed E-state index contributed by atoms with van der Waals surface area (Å²) in [4.78, 5) is 4.60. The second-order valence-corrected chi connectivity index (χ2v) is 4.46. The standard InChI is InChI=1S/C14H10N.Cr/c1-2-6-11(5-1)13-9-12-7-3-4-8-14(12)15-10-13;/h1-5,7-9H,6H2;. The van der Waals surface area contributed by atoms with E-state index in [0.717, 1.165) is 16.5 Å². The first-order valence-electron chi connectivity index (χ1n) is 5.27. The van der Waals surface area contributed by atoms with Crippen LogP contribution in [0.25, 0.3) is 16.5 Å². The third-order valence-electron chi connectivity index (χ3n) is 2.81. The zero-order chi connectivity index (χ0) is 11.0. The molecule has 1 aromatic carbocycles. The van der Waals surface area contributed by atoms with E-state index in [2.05, 4.69) is 51.6 Å². The summed E-state index contributed by atoms with van der Waals surface area (Å²) < 4.78 is 0.994. The number of fused-ring (bicyclic) bond motifs is 1. The van der Waals surface area contributed by atoms with Gasteiger partial charge in [-0.25, -0.2) is 0 Å². The number of hydrogen-bond donors (Lipinski definition) is 0. The van der Waals surface area contributed by atoms with E-state index in [9.17, 15) is 0 Å². The molecule has 0 fully saturated rings. The molecule has 0 unspecified atom stereocenters. The van der Waals surface area contributed by atoms with Gasteiger partial charge in [0, 0.05) is 0 Å². The second kappa shape index (κ2) is 3.90. The predicted octanol–water partition coefficient (Wildman–Crippen LogP) is 2.75. The molecule has 1 nitrogen and oxygen atoms in total. The summed E-state index contributed by atoms with van der Waals surface area (Å²) in [6.07, 6.45) is 7.44. The molecule has 0 bridgehead atoms. The molecule has 16 heavy (non-hydrogen) atoms. The predicted molar refractivity (Wildman–Crippen MR) is 63.1 cm³/mol. The Hall–Kier alpha value is -1.36. The fourth-order valence-corrected chi connectivity index (χ4v) is 2.43. The minimum atomic E-state index is 0.994. The molecule has 0 amide bonds. The average molecular weight is 244 g/mol. The molecule has 3 rings (SSSR count). The van der Waals surface area contributed by atoms with Crippen molar-refractivity contribution in [1.29, 1.82) is 0 Å². The van der Waals surface area contributed by atoms with Crippen molar-refractivity contribution in [2.45, 2.75) is 6.42 Å².